The van der Waals surface area contributed by atoms with Gasteiger partial charge in [-0.15, -0.1) is 0 Å². The van der Waals surface area contributed by atoms with E-state index in [0.717, 1.165) is 32.5 Å². The molecule has 1 aliphatic rings. The van der Waals surface area contributed by atoms with Gasteiger partial charge in [0.1, 0.15) is 0 Å². The van der Waals surface area contributed by atoms with Crippen LogP contribution in [0.5, 0.6) is 0 Å². The molecular weight excluding hydrogens is 206 g/mol. The van der Waals surface area contributed by atoms with E-state index in [4.69, 9.17) is 10.5 Å². The first kappa shape index (κ1) is 13.4. The molecule has 1 rings (SSSR count). The van der Waals surface area contributed by atoms with Crippen molar-refractivity contribution in [2.24, 2.45) is 5.73 Å². The molecule has 0 spiro atoms. The van der Waals surface area contributed by atoms with E-state index in [0.29, 0.717) is 12.6 Å². The third-order valence-corrected chi connectivity index (χ3v) is 3.00. The summed E-state index contributed by atoms with van der Waals surface area (Å²) in [6.07, 6.45) is 2.55. The van der Waals surface area contributed by atoms with Crippen LogP contribution in [0.4, 0.5) is 0 Å². The summed E-state index contributed by atoms with van der Waals surface area (Å²) in [6.45, 7) is 5.37. The number of nitrogens with zero attached hydrogens (tertiary/aromatic N) is 1. The Hall–Kier alpha value is -0.650. The number of hydrogen-bond donors (Lipinski definition) is 2. The molecular formula is C11H23N3O2. The second-order valence-electron chi connectivity index (χ2n) is 4.22. The minimum atomic E-state index is -0.291. The maximum Gasteiger partial charge on any atom is 0.235 e. The van der Waals surface area contributed by atoms with Gasteiger partial charge in [-0.05, 0) is 33.4 Å². The predicted molar refractivity (Wildman–Crippen MR) is 63.1 cm³/mol. The Balaban J connectivity index is 2.38. The first-order valence-corrected chi connectivity index (χ1v) is 5.98. The summed E-state index contributed by atoms with van der Waals surface area (Å²) in [4.78, 5) is 13.4. The number of likely N-dealkylation sites (N-methyl/N-ethyl adjacent to an activating group) is 1. The zero-order valence-corrected chi connectivity index (χ0v) is 10.2. The van der Waals surface area contributed by atoms with E-state index in [2.05, 4.69) is 10.2 Å². The lowest BCUT2D eigenvalue weighted by Gasteiger charge is -2.33. The first-order valence-electron chi connectivity index (χ1n) is 5.98. The quantitative estimate of drug-likeness (QED) is 0.648. The summed E-state index contributed by atoms with van der Waals surface area (Å²) in [5, 5.41) is 2.94. The number of ether oxygens (including phenoxy) is 1. The van der Waals surface area contributed by atoms with Gasteiger partial charge in [0.2, 0.25) is 5.91 Å². The molecule has 1 amide bonds. The van der Waals surface area contributed by atoms with E-state index in [1.807, 2.05) is 6.92 Å². The fourth-order valence-corrected chi connectivity index (χ4v) is 2.13. The van der Waals surface area contributed by atoms with Gasteiger partial charge in [-0.25, -0.2) is 0 Å². The van der Waals surface area contributed by atoms with Gasteiger partial charge in [-0.3, -0.25) is 9.69 Å². The number of primary amides is 1. The summed E-state index contributed by atoms with van der Waals surface area (Å²) in [5.74, 6) is -0.291. The topological polar surface area (TPSA) is 67.6 Å². The molecule has 2 atom stereocenters. The molecule has 0 bridgehead atoms. The zero-order valence-electron chi connectivity index (χ0n) is 10.2. The molecule has 0 aromatic heterocycles. The van der Waals surface area contributed by atoms with Crippen molar-refractivity contribution in [3.63, 3.8) is 0 Å². The van der Waals surface area contributed by atoms with Crippen LogP contribution in [-0.4, -0.2) is 56.2 Å². The van der Waals surface area contributed by atoms with E-state index in [1.165, 1.54) is 0 Å². The molecule has 0 aromatic rings. The number of rotatable bonds is 6. The van der Waals surface area contributed by atoms with E-state index in [9.17, 15) is 4.79 Å². The van der Waals surface area contributed by atoms with Crippen LogP contribution in [-0.2, 0) is 9.53 Å². The van der Waals surface area contributed by atoms with E-state index in [-0.39, 0.29) is 11.9 Å². The SMILES string of the molecule is CCOC1CCCN(CC(NC)C(N)=O)C1. The van der Waals surface area contributed by atoms with Crippen LogP contribution in [0.3, 0.4) is 0 Å². The summed E-state index contributed by atoms with van der Waals surface area (Å²) in [5.41, 5.74) is 5.30. The average molecular weight is 229 g/mol. The normalized spacial score (nSPS) is 24.2. The summed E-state index contributed by atoms with van der Waals surface area (Å²) in [7, 11) is 1.76. The van der Waals surface area contributed by atoms with Crippen LogP contribution in [0, 0.1) is 0 Å². The summed E-state index contributed by atoms with van der Waals surface area (Å²) < 4.78 is 5.61. The maximum atomic E-state index is 11.1. The molecule has 1 fully saturated rings. The van der Waals surface area contributed by atoms with Gasteiger partial charge in [-0.2, -0.15) is 0 Å². The van der Waals surface area contributed by atoms with Crippen molar-refractivity contribution in [2.45, 2.75) is 31.9 Å². The van der Waals surface area contributed by atoms with Crippen LogP contribution < -0.4 is 11.1 Å². The first-order chi connectivity index (χ1) is 7.67. The minimum Gasteiger partial charge on any atom is -0.377 e. The predicted octanol–water partition coefficient (Wildman–Crippen LogP) is -0.439. The van der Waals surface area contributed by atoms with Crippen LogP contribution in [0.1, 0.15) is 19.8 Å². The Morgan fingerprint density at radius 3 is 3.00 bits per heavy atom. The third-order valence-electron chi connectivity index (χ3n) is 3.00. The number of carbonyl (C=O) groups is 1. The van der Waals surface area contributed by atoms with Crippen molar-refractivity contribution in [1.82, 2.24) is 10.2 Å². The van der Waals surface area contributed by atoms with Crippen molar-refractivity contribution in [3.05, 3.63) is 0 Å². The van der Waals surface area contributed by atoms with Crippen molar-refractivity contribution in [3.8, 4) is 0 Å². The molecule has 0 aliphatic carbocycles. The van der Waals surface area contributed by atoms with E-state index >= 15 is 0 Å². The fourth-order valence-electron chi connectivity index (χ4n) is 2.13. The van der Waals surface area contributed by atoms with Crippen molar-refractivity contribution < 1.29 is 9.53 Å². The zero-order chi connectivity index (χ0) is 12.0. The lowest BCUT2D eigenvalue weighted by Crippen LogP contribution is -2.51. The van der Waals surface area contributed by atoms with Gasteiger partial charge >= 0.3 is 0 Å². The molecule has 1 saturated heterocycles. The molecule has 0 saturated carbocycles. The molecule has 1 heterocycles. The molecule has 94 valence electrons. The number of likely N-dealkylation sites (tertiary alicyclic amines) is 1. The average Bonchev–Trinajstić information content (AvgIpc) is 2.26. The van der Waals surface area contributed by atoms with Crippen molar-refractivity contribution in [2.75, 3.05) is 33.3 Å². The van der Waals surface area contributed by atoms with Gasteiger partial charge in [0.25, 0.3) is 0 Å². The molecule has 3 N–H and O–H groups in total. The number of nitrogens with two attached hydrogens (primary N) is 1. The Morgan fingerprint density at radius 2 is 2.44 bits per heavy atom. The highest BCUT2D eigenvalue weighted by atomic mass is 16.5. The Labute approximate surface area is 97.3 Å². The van der Waals surface area contributed by atoms with Gasteiger partial charge in [0.05, 0.1) is 12.1 Å². The number of carbonyl (C=O) groups excluding carboxylic acids is 1. The maximum absolute atomic E-state index is 11.1. The lowest BCUT2D eigenvalue weighted by atomic mass is 10.1. The van der Waals surface area contributed by atoms with Crippen molar-refractivity contribution >= 4 is 5.91 Å². The highest BCUT2D eigenvalue weighted by Crippen LogP contribution is 2.13. The molecule has 0 aromatic carbocycles. The van der Waals surface area contributed by atoms with Gasteiger partial charge in [-0.1, -0.05) is 0 Å². The number of nitrogens with one attached hydrogen (secondary N) is 1. The fraction of sp³-hybridized carbons (Fsp3) is 0.909. The van der Waals surface area contributed by atoms with Gasteiger partial charge in [0, 0.05) is 19.7 Å². The third kappa shape index (κ3) is 4.08. The Morgan fingerprint density at radius 1 is 1.69 bits per heavy atom. The monoisotopic (exact) mass is 229 g/mol. The second kappa shape index (κ2) is 6.83. The molecule has 16 heavy (non-hydrogen) atoms. The minimum absolute atomic E-state index is 0.264. The van der Waals surface area contributed by atoms with Crippen LogP contribution >= 0.6 is 0 Å². The summed E-state index contributed by atoms with van der Waals surface area (Å²) in [6, 6.07) is -0.264. The number of piperidine rings is 1. The molecule has 2 unspecified atom stereocenters. The van der Waals surface area contributed by atoms with Crippen molar-refractivity contribution in [1.29, 1.82) is 0 Å². The van der Waals surface area contributed by atoms with Gasteiger partial charge < -0.3 is 15.8 Å². The largest absolute Gasteiger partial charge is 0.377 e. The number of amides is 1. The van der Waals surface area contributed by atoms with Gasteiger partial charge in [0.15, 0.2) is 0 Å². The molecule has 1 aliphatic heterocycles. The Bertz CT molecular complexity index is 221. The van der Waals surface area contributed by atoms with E-state index < -0.39 is 0 Å². The van der Waals surface area contributed by atoms with Crippen LogP contribution in [0.25, 0.3) is 0 Å². The second-order valence-corrected chi connectivity index (χ2v) is 4.22. The molecule has 5 nitrogen and oxygen atoms in total. The molecule has 5 heteroatoms. The highest BCUT2D eigenvalue weighted by Gasteiger charge is 2.23. The Kier molecular flexibility index (Phi) is 5.73. The van der Waals surface area contributed by atoms with Crippen LogP contribution in [0.2, 0.25) is 0 Å². The highest BCUT2D eigenvalue weighted by molar-refractivity contribution is 5.80. The van der Waals surface area contributed by atoms with E-state index in [1.54, 1.807) is 7.05 Å². The smallest absolute Gasteiger partial charge is 0.235 e. The molecule has 0 radical (unpaired) electrons. The summed E-state index contributed by atoms with van der Waals surface area (Å²) >= 11 is 0. The lowest BCUT2D eigenvalue weighted by molar-refractivity contribution is -0.120. The standard InChI is InChI=1S/C11H23N3O2/c1-3-16-9-5-4-6-14(7-9)8-10(13-2)11(12)15/h9-10,13H,3-8H2,1-2H3,(H2,12,15). The number of hydrogen-bond acceptors (Lipinski definition) is 4. The van der Waals surface area contributed by atoms with Crippen LogP contribution in [0.15, 0.2) is 0 Å².